The molecule has 2 fully saturated rings. The number of methoxy groups -OCH3 is 1. The van der Waals surface area contributed by atoms with Crippen LogP contribution in [0.25, 0.3) is 22.4 Å². The molecule has 0 N–H and O–H groups in total. The normalized spacial score (nSPS) is 15.7. The van der Waals surface area contributed by atoms with E-state index in [0.29, 0.717) is 43.4 Å². The molecule has 10 heteroatoms. The molecule has 2 saturated heterocycles. The lowest BCUT2D eigenvalue weighted by molar-refractivity contribution is -0.0868. The predicted octanol–water partition coefficient (Wildman–Crippen LogP) is 6.63. The summed E-state index contributed by atoms with van der Waals surface area (Å²) in [5.41, 5.74) is 3.71. The molecule has 9 nitrogen and oxygen atoms in total. The van der Waals surface area contributed by atoms with Crippen molar-refractivity contribution in [2.24, 2.45) is 0 Å². The largest absolute Gasteiger partial charge is 0.493 e. The quantitative estimate of drug-likeness (QED) is 0.174. The topological polar surface area (TPSA) is 78.3 Å². The Balaban J connectivity index is 1.37. The number of hydrogen-bond acceptors (Lipinski definition) is 6. The third-order valence-electron chi connectivity index (χ3n) is 8.59. The van der Waals surface area contributed by atoms with Gasteiger partial charge in [-0.1, -0.05) is 60.7 Å². The third kappa shape index (κ3) is 5.28. The fraction of sp³-hybridized carbons (Fsp3) is 0.278. The van der Waals surface area contributed by atoms with Gasteiger partial charge in [0, 0.05) is 25.8 Å². The summed E-state index contributed by atoms with van der Waals surface area (Å²) in [6, 6.07) is 26.5. The SMILES string of the molecule is COc1cc(-c2nc3cc(N4CCN(C)C4=O)ccc3n2C2(C)COC2)c(F)c(OCc2ccccc2)c1OCc1ccccc1. The second kappa shape index (κ2) is 12.0. The number of carbonyl (C=O) groups excluding carboxylic acids is 1. The third-order valence-corrected chi connectivity index (χ3v) is 8.59. The standard InChI is InChI=1S/C36H35FN4O5/c1-36(22-44-23-36)41-29-15-14-26(40-17-16-39(2)35(40)42)18-28(29)38-34(41)27-19-30(43-3)32(45-20-24-10-6-4-7-11-24)33(31(27)37)46-21-25-12-8-5-9-13-25/h4-15,18-19H,16-17,20-23H2,1-3H3. The van der Waals surface area contributed by atoms with E-state index in [1.807, 2.05) is 83.4 Å². The van der Waals surface area contributed by atoms with E-state index < -0.39 is 11.4 Å². The van der Waals surface area contributed by atoms with Crippen LogP contribution < -0.4 is 19.1 Å². The minimum Gasteiger partial charge on any atom is -0.493 e. The summed E-state index contributed by atoms with van der Waals surface area (Å²) in [5, 5.41) is 0. The Morgan fingerprint density at radius 3 is 2.11 bits per heavy atom. The number of carbonyl (C=O) groups is 1. The fourth-order valence-electron chi connectivity index (χ4n) is 6.01. The highest BCUT2D eigenvalue weighted by Gasteiger charge is 2.40. The van der Waals surface area contributed by atoms with Crippen LogP contribution in [0.1, 0.15) is 18.1 Å². The molecular weight excluding hydrogens is 587 g/mol. The molecule has 0 unspecified atom stereocenters. The van der Waals surface area contributed by atoms with E-state index in [2.05, 4.69) is 6.92 Å². The fourth-order valence-corrected chi connectivity index (χ4v) is 6.01. The first-order valence-electron chi connectivity index (χ1n) is 15.2. The van der Waals surface area contributed by atoms with Crippen LogP contribution in [0, 0.1) is 5.82 Å². The van der Waals surface area contributed by atoms with E-state index in [-0.39, 0.29) is 36.3 Å². The average Bonchev–Trinajstić information content (AvgIpc) is 3.61. The van der Waals surface area contributed by atoms with Crippen molar-refractivity contribution >= 4 is 22.8 Å². The molecular formula is C36H35FN4O5. The molecule has 0 saturated carbocycles. The molecule has 236 valence electrons. The summed E-state index contributed by atoms with van der Waals surface area (Å²) in [5.74, 6) is 0.211. The van der Waals surface area contributed by atoms with Crippen LogP contribution in [0.3, 0.4) is 0 Å². The number of aromatic nitrogens is 2. The van der Waals surface area contributed by atoms with E-state index in [9.17, 15) is 4.79 Å². The summed E-state index contributed by atoms with van der Waals surface area (Å²) in [6.07, 6.45) is 0. The number of amides is 2. The predicted molar refractivity (Wildman–Crippen MR) is 173 cm³/mol. The zero-order chi connectivity index (χ0) is 31.8. The number of urea groups is 1. The smallest absolute Gasteiger partial charge is 0.324 e. The number of halogens is 1. The maximum absolute atomic E-state index is 17.0. The molecule has 0 radical (unpaired) electrons. The molecule has 3 heterocycles. The first-order valence-corrected chi connectivity index (χ1v) is 15.2. The lowest BCUT2D eigenvalue weighted by Gasteiger charge is -2.41. The van der Waals surface area contributed by atoms with Gasteiger partial charge in [0.1, 0.15) is 19.0 Å². The second-order valence-electron chi connectivity index (χ2n) is 11.9. The lowest BCUT2D eigenvalue weighted by Crippen LogP contribution is -2.49. The molecule has 0 atom stereocenters. The van der Waals surface area contributed by atoms with Crippen molar-refractivity contribution in [3.05, 3.63) is 102 Å². The summed E-state index contributed by atoms with van der Waals surface area (Å²) >= 11 is 0. The number of benzene rings is 4. The Morgan fingerprint density at radius 1 is 0.891 bits per heavy atom. The van der Waals surface area contributed by atoms with Gasteiger partial charge in [0.25, 0.3) is 0 Å². The highest BCUT2D eigenvalue weighted by Crippen LogP contribution is 2.47. The van der Waals surface area contributed by atoms with Gasteiger partial charge in [-0.3, -0.25) is 4.90 Å². The molecule has 2 amide bonds. The van der Waals surface area contributed by atoms with Crippen LogP contribution in [-0.4, -0.2) is 60.9 Å². The van der Waals surface area contributed by atoms with Crippen molar-refractivity contribution in [2.75, 3.05) is 45.4 Å². The summed E-state index contributed by atoms with van der Waals surface area (Å²) in [6.45, 7) is 4.48. The first kappa shape index (κ1) is 29.6. The molecule has 0 bridgehead atoms. The highest BCUT2D eigenvalue weighted by molar-refractivity contribution is 5.96. The summed E-state index contributed by atoms with van der Waals surface area (Å²) in [4.78, 5) is 21.2. The summed E-state index contributed by atoms with van der Waals surface area (Å²) < 4.78 is 42.9. The molecule has 1 aromatic heterocycles. The van der Waals surface area contributed by atoms with Crippen molar-refractivity contribution in [3.63, 3.8) is 0 Å². The number of likely N-dealkylation sites (N-methyl/N-ethyl adjacent to an activating group) is 1. The Labute approximate surface area is 266 Å². The highest BCUT2D eigenvalue weighted by atomic mass is 19.1. The molecule has 4 aromatic carbocycles. The zero-order valence-electron chi connectivity index (χ0n) is 26.0. The minimum absolute atomic E-state index is 0.0610. The van der Waals surface area contributed by atoms with Gasteiger partial charge in [-0.2, -0.15) is 0 Å². The zero-order valence-corrected chi connectivity index (χ0v) is 26.0. The molecule has 5 aromatic rings. The van der Waals surface area contributed by atoms with Gasteiger partial charge in [-0.25, -0.2) is 14.2 Å². The van der Waals surface area contributed by atoms with Crippen LogP contribution in [0.15, 0.2) is 84.9 Å². The molecule has 2 aliphatic rings. The second-order valence-corrected chi connectivity index (χ2v) is 11.9. The van der Waals surface area contributed by atoms with Crippen LogP contribution in [0.4, 0.5) is 14.9 Å². The Kier molecular flexibility index (Phi) is 7.74. The van der Waals surface area contributed by atoms with Gasteiger partial charge in [-0.15, -0.1) is 0 Å². The monoisotopic (exact) mass is 622 g/mol. The van der Waals surface area contributed by atoms with Crippen molar-refractivity contribution < 1.29 is 28.1 Å². The van der Waals surface area contributed by atoms with E-state index in [1.54, 1.807) is 22.9 Å². The average molecular weight is 623 g/mol. The van der Waals surface area contributed by atoms with Gasteiger partial charge < -0.3 is 28.4 Å². The van der Waals surface area contributed by atoms with E-state index >= 15 is 4.39 Å². The van der Waals surface area contributed by atoms with Crippen molar-refractivity contribution in [1.82, 2.24) is 14.5 Å². The van der Waals surface area contributed by atoms with Crippen LogP contribution in [0.5, 0.6) is 17.2 Å². The number of hydrogen-bond donors (Lipinski definition) is 0. The van der Waals surface area contributed by atoms with Crippen molar-refractivity contribution in [1.29, 1.82) is 0 Å². The minimum atomic E-state index is -0.614. The number of fused-ring (bicyclic) bond motifs is 1. The van der Waals surface area contributed by atoms with Gasteiger partial charge in [0.2, 0.25) is 11.5 Å². The molecule has 7 rings (SSSR count). The van der Waals surface area contributed by atoms with E-state index in [4.69, 9.17) is 23.9 Å². The van der Waals surface area contributed by atoms with Crippen LogP contribution in [-0.2, 0) is 23.5 Å². The number of imidazole rings is 1. The number of nitrogens with zero attached hydrogens (tertiary/aromatic N) is 4. The maximum atomic E-state index is 17.0. The maximum Gasteiger partial charge on any atom is 0.324 e. The number of ether oxygens (including phenoxy) is 4. The Hall–Kier alpha value is -5.09. The molecule has 2 aliphatic heterocycles. The van der Waals surface area contributed by atoms with Gasteiger partial charge in [0.15, 0.2) is 11.6 Å². The summed E-state index contributed by atoms with van der Waals surface area (Å²) in [7, 11) is 3.31. The molecule has 0 aliphatic carbocycles. The van der Waals surface area contributed by atoms with Crippen molar-refractivity contribution in [3.8, 4) is 28.6 Å². The Morgan fingerprint density at radius 2 is 1.54 bits per heavy atom. The van der Waals surface area contributed by atoms with Gasteiger partial charge >= 0.3 is 6.03 Å². The Bertz CT molecular complexity index is 1890. The number of anilines is 1. The van der Waals surface area contributed by atoms with Crippen LogP contribution in [0.2, 0.25) is 0 Å². The van der Waals surface area contributed by atoms with Gasteiger partial charge in [-0.05, 0) is 42.3 Å². The van der Waals surface area contributed by atoms with E-state index in [1.165, 1.54) is 7.11 Å². The van der Waals surface area contributed by atoms with Crippen molar-refractivity contribution in [2.45, 2.75) is 25.7 Å². The molecule has 46 heavy (non-hydrogen) atoms. The van der Waals surface area contributed by atoms with E-state index in [0.717, 1.165) is 22.3 Å². The first-order chi connectivity index (χ1) is 22.4. The van der Waals surface area contributed by atoms with Gasteiger partial charge in [0.05, 0.1) is 42.5 Å². The van der Waals surface area contributed by atoms with Crippen LogP contribution >= 0.6 is 0 Å². The molecule has 0 spiro atoms. The number of rotatable bonds is 10. The lowest BCUT2D eigenvalue weighted by atomic mass is 9.98.